The fraction of sp³-hybridized carbons (Fsp3) is 0.417. The number of carbonyl (C=O) groups is 1. The van der Waals surface area contributed by atoms with E-state index in [1.807, 2.05) is 26.0 Å². The van der Waals surface area contributed by atoms with Gasteiger partial charge in [-0.1, -0.05) is 28.9 Å². The molecule has 1 aromatic rings. The second kappa shape index (κ2) is 6.01. The number of hydrogen-bond donors (Lipinski definition) is 2. The standard InChI is InChI=1S/C12H16BrNO2/c1-8(7-15)9(2)14-12(16)10-4-3-5-11(13)6-10/h3-6,8-9,15H,7H2,1-2H3,(H,14,16). The van der Waals surface area contributed by atoms with Crippen LogP contribution in [0.15, 0.2) is 28.7 Å². The summed E-state index contributed by atoms with van der Waals surface area (Å²) in [5.41, 5.74) is 0.617. The van der Waals surface area contributed by atoms with Gasteiger partial charge in [-0.25, -0.2) is 0 Å². The van der Waals surface area contributed by atoms with Crippen LogP contribution in [0.25, 0.3) is 0 Å². The Morgan fingerprint density at radius 3 is 2.75 bits per heavy atom. The molecule has 2 N–H and O–H groups in total. The maximum absolute atomic E-state index is 11.8. The Bertz CT molecular complexity index is 368. The lowest BCUT2D eigenvalue weighted by atomic mass is 10.0. The van der Waals surface area contributed by atoms with Crippen LogP contribution in [0.3, 0.4) is 0 Å². The van der Waals surface area contributed by atoms with Gasteiger partial charge >= 0.3 is 0 Å². The van der Waals surface area contributed by atoms with E-state index in [4.69, 9.17) is 5.11 Å². The highest BCUT2D eigenvalue weighted by molar-refractivity contribution is 9.10. The summed E-state index contributed by atoms with van der Waals surface area (Å²) in [5, 5.41) is 11.8. The van der Waals surface area contributed by atoms with Crippen LogP contribution in [0.5, 0.6) is 0 Å². The first kappa shape index (κ1) is 13.2. The highest BCUT2D eigenvalue weighted by Crippen LogP contribution is 2.12. The van der Waals surface area contributed by atoms with Gasteiger partial charge in [-0.3, -0.25) is 4.79 Å². The Hall–Kier alpha value is -0.870. The molecule has 0 aliphatic rings. The second-order valence-electron chi connectivity index (χ2n) is 3.93. The molecular weight excluding hydrogens is 270 g/mol. The van der Waals surface area contributed by atoms with Crippen molar-refractivity contribution in [2.75, 3.05) is 6.61 Å². The summed E-state index contributed by atoms with van der Waals surface area (Å²) >= 11 is 3.32. The molecule has 3 nitrogen and oxygen atoms in total. The van der Waals surface area contributed by atoms with Crippen molar-refractivity contribution in [1.29, 1.82) is 0 Å². The summed E-state index contributed by atoms with van der Waals surface area (Å²) < 4.78 is 0.878. The van der Waals surface area contributed by atoms with Gasteiger partial charge < -0.3 is 10.4 Å². The molecule has 2 atom stereocenters. The topological polar surface area (TPSA) is 49.3 Å². The number of rotatable bonds is 4. The molecule has 4 heteroatoms. The van der Waals surface area contributed by atoms with Gasteiger partial charge in [0.1, 0.15) is 0 Å². The lowest BCUT2D eigenvalue weighted by molar-refractivity contribution is 0.0916. The zero-order valence-corrected chi connectivity index (χ0v) is 11.0. The summed E-state index contributed by atoms with van der Waals surface area (Å²) in [7, 11) is 0. The van der Waals surface area contributed by atoms with Gasteiger partial charge in [0.2, 0.25) is 0 Å². The number of aliphatic hydroxyl groups is 1. The number of halogens is 1. The summed E-state index contributed by atoms with van der Waals surface area (Å²) in [5.74, 6) is -0.0646. The summed E-state index contributed by atoms with van der Waals surface area (Å²) in [4.78, 5) is 11.8. The third-order valence-electron chi connectivity index (χ3n) is 2.59. The van der Waals surface area contributed by atoms with Gasteiger partial charge in [-0.2, -0.15) is 0 Å². The highest BCUT2D eigenvalue weighted by atomic mass is 79.9. The van der Waals surface area contributed by atoms with Gasteiger partial charge in [-0.15, -0.1) is 0 Å². The van der Waals surface area contributed by atoms with Crippen LogP contribution in [0.4, 0.5) is 0 Å². The molecule has 0 saturated carbocycles. The van der Waals surface area contributed by atoms with Crippen molar-refractivity contribution in [3.05, 3.63) is 34.3 Å². The lowest BCUT2D eigenvalue weighted by Gasteiger charge is -2.19. The van der Waals surface area contributed by atoms with E-state index in [2.05, 4.69) is 21.2 Å². The molecule has 1 aromatic carbocycles. The minimum absolute atomic E-state index is 0.0449. The largest absolute Gasteiger partial charge is 0.396 e. The van der Waals surface area contributed by atoms with Crippen molar-refractivity contribution in [3.8, 4) is 0 Å². The van der Waals surface area contributed by atoms with Crippen molar-refractivity contribution in [1.82, 2.24) is 5.32 Å². The van der Waals surface area contributed by atoms with E-state index < -0.39 is 0 Å². The Balaban J connectivity index is 2.66. The average Bonchev–Trinajstić information content (AvgIpc) is 2.27. The van der Waals surface area contributed by atoms with Crippen LogP contribution in [0.1, 0.15) is 24.2 Å². The van der Waals surface area contributed by atoms with E-state index in [-0.39, 0.29) is 24.5 Å². The molecular formula is C12H16BrNO2. The maximum Gasteiger partial charge on any atom is 0.251 e. The number of hydrogen-bond acceptors (Lipinski definition) is 2. The maximum atomic E-state index is 11.8. The third-order valence-corrected chi connectivity index (χ3v) is 3.08. The molecule has 0 radical (unpaired) electrons. The first-order chi connectivity index (χ1) is 7.54. The van der Waals surface area contributed by atoms with Gasteiger partial charge in [0.15, 0.2) is 0 Å². The van der Waals surface area contributed by atoms with Gasteiger partial charge in [0, 0.05) is 22.7 Å². The average molecular weight is 286 g/mol. The van der Waals surface area contributed by atoms with Crippen LogP contribution >= 0.6 is 15.9 Å². The zero-order chi connectivity index (χ0) is 12.1. The van der Waals surface area contributed by atoms with Gasteiger partial charge in [0.25, 0.3) is 5.91 Å². The van der Waals surface area contributed by atoms with Crippen molar-refractivity contribution in [2.45, 2.75) is 19.9 Å². The van der Waals surface area contributed by atoms with Crippen molar-refractivity contribution < 1.29 is 9.90 Å². The van der Waals surface area contributed by atoms with E-state index in [1.165, 1.54) is 0 Å². The van der Waals surface area contributed by atoms with Crippen molar-refractivity contribution in [2.24, 2.45) is 5.92 Å². The Labute approximate surface area is 104 Å². The molecule has 0 bridgehead atoms. The Kier molecular flexibility index (Phi) is 4.96. The molecule has 0 saturated heterocycles. The molecule has 0 heterocycles. The molecule has 0 aromatic heterocycles. The minimum Gasteiger partial charge on any atom is -0.396 e. The van der Waals surface area contributed by atoms with E-state index in [0.29, 0.717) is 5.56 Å². The second-order valence-corrected chi connectivity index (χ2v) is 4.85. The number of nitrogens with one attached hydrogen (secondary N) is 1. The molecule has 0 aliphatic heterocycles. The predicted molar refractivity (Wildman–Crippen MR) is 67.3 cm³/mol. The number of carbonyl (C=O) groups excluding carboxylic acids is 1. The first-order valence-corrected chi connectivity index (χ1v) is 6.01. The molecule has 0 fully saturated rings. The first-order valence-electron chi connectivity index (χ1n) is 5.22. The van der Waals surface area contributed by atoms with Gasteiger partial charge in [-0.05, 0) is 31.0 Å². The monoisotopic (exact) mass is 285 g/mol. The molecule has 0 spiro atoms. The van der Waals surface area contributed by atoms with E-state index >= 15 is 0 Å². The molecule has 0 aliphatic carbocycles. The smallest absolute Gasteiger partial charge is 0.251 e. The molecule has 1 amide bonds. The Morgan fingerprint density at radius 2 is 2.19 bits per heavy atom. The van der Waals surface area contributed by atoms with Crippen LogP contribution in [-0.2, 0) is 0 Å². The molecule has 16 heavy (non-hydrogen) atoms. The van der Waals surface area contributed by atoms with Crippen LogP contribution in [0, 0.1) is 5.92 Å². The van der Waals surface area contributed by atoms with Crippen LogP contribution in [-0.4, -0.2) is 23.7 Å². The van der Waals surface area contributed by atoms with E-state index in [1.54, 1.807) is 12.1 Å². The normalized spacial score (nSPS) is 14.2. The van der Waals surface area contributed by atoms with E-state index in [0.717, 1.165) is 4.47 Å². The zero-order valence-electron chi connectivity index (χ0n) is 9.40. The lowest BCUT2D eigenvalue weighted by Crippen LogP contribution is -2.38. The quantitative estimate of drug-likeness (QED) is 0.891. The number of aliphatic hydroxyl groups excluding tert-OH is 1. The fourth-order valence-electron chi connectivity index (χ4n) is 1.22. The summed E-state index contributed by atoms with van der Waals surface area (Å²) in [6.07, 6.45) is 0. The highest BCUT2D eigenvalue weighted by Gasteiger charge is 2.14. The van der Waals surface area contributed by atoms with Crippen molar-refractivity contribution >= 4 is 21.8 Å². The summed E-state index contributed by atoms with van der Waals surface area (Å²) in [6.45, 7) is 3.85. The third kappa shape index (κ3) is 3.61. The number of benzene rings is 1. The SMILES string of the molecule is CC(CO)C(C)NC(=O)c1cccc(Br)c1. The van der Waals surface area contributed by atoms with Gasteiger partial charge in [0.05, 0.1) is 0 Å². The molecule has 88 valence electrons. The van der Waals surface area contributed by atoms with E-state index in [9.17, 15) is 4.79 Å². The molecule has 2 unspecified atom stereocenters. The van der Waals surface area contributed by atoms with Crippen LogP contribution in [0.2, 0.25) is 0 Å². The molecule has 1 rings (SSSR count). The minimum atomic E-state index is -0.117. The summed E-state index contributed by atoms with van der Waals surface area (Å²) in [6, 6.07) is 7.18. The Morgan fingerprint density at radius 1 is 1.50 bits per heavy atom. The van der Waals surface area contributed by atoms with Crippen LogP contribution < -0.4 is 5.32 Å². The van der Waals surface area contributed by atoms with Crippen molar-refractivity contribution in [3.63, 3.8) is 0 Å². The predicted octanol–water partition coefficient (Wildman–Crippen LogP) is 2.20. The fourth-order valence-corrected chi connectivity index (χ4v) is 1.62. The number of amides is 1.